The highest BCUT2D eigenvalue weighted by Gasteiger charge is 2.46. The van der Waals surface area contributed by atoms with E-state index in [2.05, 4.69) is 37.4 Å². The van der Waals surface area contributed by atoms with Crippen LogP contribution in [0, 0.1) is 20.8 Å². The number of carbonyl (C=O) groups excluding carboxylic acids is 8. The number of rotatable bonds is 56. The van der Waals surface area contributed by atoms with Gasteiger partial charge in [0.25, 0.3) is 11.8 Å². The topological polar surface area (TPSA) is 303 Å². The lowest BCUT2D eigenvalue weighted by molar-refractivity contribution is -0.162. The fraction of sp³-hybridized carbons (Fsp3) is 0.595. The van der Waals surface area contributed by atoms with E-state index in [1.165, 1.54) is 29.3 Å². The molecule has 0 bridgehead atoms. The van der Waals surface area contributed by atoms with Crippen LogP contribution in [0.25, 0.3) is 0 Å². The number of carbonyl (C=O) groups is 8. The van der Waals surface area contributed by atoms with E-state index in [1.54, 1.807) is 25.2 Å². The Bertz CT molecular complexity index is 3400. The van der Waals surface area contributed by atoms with Gasteiger partial charge in [0.15, 0.2) is 23.1 Å². The Labute approximate surface area is 622 Å². The number of benzene rings is 4. The summed E-state index contributed by atoms with van der Waals surface area (Å²) in [5.41, 5.74) is 5.96. The molecule has 4 aromatic carbocycles. The Hall–Kier alpha value is -7.80. The minimum absolute atomic E-state index is 0.00806. The van der Waals surface area contributed by atoms with Crippen molar-refractivity contribution in [2.75, 3.05) is 179 Å². The van der Waals surface area contributed by atoms with E-state index < -0.39 is 53.7 Å². The molecule has 27 nitrogen and oxygen atoms in total. The first kappa shape index (κ1) is 85.4. The van der Waals surface area contributed by atoms with E-state index in [-0.39, 0.29) is 73.2 Å². The standard InChI is InChI=1S/C79H109N3O24/c1-7-65(61-51-58(4)74(92-6)71(53-61)91-5)76(87)81-27-9-8-19-68(81)79(90)106-69(25-23-59-22-21-56(2)57(3)50-59)60-14-10-17-64(52-60)104-54-62(83)15-12-28-93-30-32-95-34-36-97-38-40-99-42-44-101-46-48-103-49-47-102-45-43-100-41-39-98-37-35-96-33-31-94-29-13-16-63(84)55-105-70-20-11-18-66-73(70)78(89)82(77(66)88)67-24-26-72(85)80-75(67)86/h10-11,14,17-18,20-22,50-53,65,67-69H,7-9,12-13,15-16,19,23-49,54-55H2,1-6H3,(H,80,85,86)/t65-,67?,68-,69?/m0/s1. The van der Waals surface area contributed by atoms with Crippen molar-refractivity contribution in [2.24, 2.45) is 0 Å². The van der Waals surface area contributed by atoms with Crippen molar-refractivity contribution in [1.82, 2.24) is 15.1 Å². The molecule has 3 heterocycles. The van der Waals surface area contributed by atoms with Crippen molar-refractivity contribution < 1.29 is 114 Å². The molecular formula is C79H109N3O24. The van der Waals surface area contributed by atoms with Gasteiger partial charge in [-0.05, 0) is 142 Å². The molecule has 2 fully saturated rings. The highest BCUT2D eigenvalue weighted by Crippen LogP contribution is 2.38. The normalized spacial score (nSPS) is 15.7. The largest absolute Gasteiger partial charge is 0.493 e. The van der Waals surface area contributed by atoms with E-state index in [1.807, 2.05) is 44.2 Å². The average molecular weight is 1480 g/mol. The molecule has 27 heteroatoms. The van der Waals surface area contributed by atoms with Gasteiger partial charge < -0.3 is 80.7 Å². The SMILES string of the molecule is CC[C@H](C(=O)N1CCCC[C@H]1C(=O)OC(CCc1ccc(C)c(C)c1)c1cccc(OCC(=O)CCCOCCOCCOCCOCCOCCOCCOCCOCCOCCOCCOCCCC(=O)COc2cccc3c2C(=O)N(C2CCC(=O)NC2=O)C3=O)c1)c1cc(C)c(OC)c(OC)c1. The summed E-state index contributed by atoms with van der Waals surface area (Å²) < 4.78 is 90.6. The second kappa shape index (κ2) is 48.5. The highest BCUT2D eigenvalue weighted by molar-refractivity contribution is 6.24. The first-order valence-electron chi connectivity index (χ1n) is 37.0. The third-order valence-electron chi connectivity index (χ3n) is 18.0. The van der Waals surface area contributed by atoms with Crippen molar-refractivity contribution >= 4 is 47.1 Å². The van der Waals surface area contributed by atoms with Gasteiger partial charge in [0.2, 0.25) is 17.7 Å². The van der Waals surface area contributed by atoms with Gasteiger partial charge >= 0.3 is 5.97 Å². The number of amides is 5. The van der Waals surface area contributed by atoms with Gasteiger partial charge in [-0.15, -0.1) is 0 Å². The predicted molar refractivity (Wildman–Crippen MR) is 388 cm³/mol. The van der Waals surface area contributed by atoms with Crippen molar-refractivity contribution in [3.63, 3.8) is 0 Å². The Kier molecular flexibility index (Phi) is 39.1. The van der Waals surface area contributed by atoms with Crippen LogP contribution in [-0.2, 0) is 92.0 Å². The maximum absolute atomic E-state index is 14.5. The number of aryl methyl sites for hydroxylation is 4. The first-order valence-corrected chi connectivity index (χ1v) is 37.0. The van der Waals surface area contributed by atoms with Crippen molar-refractivity contribution in [1.29, 1.82) is 0 Å². The summed E-state index contributed by atoms with van der Waals surface area (Å²) in [5, 5.41) is 2.16. The van der Waals surface area contributed by atoms with Crippen molar-refractivity contribution in [2.45, 2.75) is 129 Å². The van der Waals surface area contributed by atoms with Crippen LogP contribution < -0.4 is 24.3 Å². The number of hydrogen-bond acceptors (Lipinski definition) is 24. The van der Waals surface area contributed by atoms with Crippen LogP contribution in [-0.4, -0.2) is 248 Å². The molecule has 2 unspecified atom stereocenters. The van der Waals surface area contributed by atoms with Crippen LogP contribution in [0.15, 0.2) is 72.8 Å². The molecule has 2 saturated heterocycles. The number of ketones is 2. The summed E-state index contributed by atoms with van der Waals surface area (Å²) in [6.45, 7) is 17.0. The average Bonchev–Trinajstić information content (AvgIpc) is 1.60. The van der Waals surface area contributed by atoms with Crippen LogP contribution in [0.3, 0.4) is 0 Å². The van der Waals surface area contributed by atoms with Crippen LogP contribution in [0.5, 0.6) is 23.0 Å². The molecule has 0 spiro atoms. The molecular weight excluding hydrogens is 1370 g/mol. The minimum atomic E-state index is -1.10. The smallest absolute Gasteiger partial charge is 0.329 e. The Balaban J connectivity index is 0.608. The predicted octanol–water partition coefficient (Wildman–Crippen LogP) is 8.16. The maximum atomic E-state index is 14.5. The zero-order valence-corrected chi connectivity index (χ0v) is 62.6. The number of hydrogen-bond donors (Lipinski definition) is 1. The van der Waals surface area contributed by atoms with E-state index in [0.717, 1.165) is 40.0 Å². The number of nitrogens with one attached hydrogen (secondary N) is 1. The van der Waals surface area contributed by atoms with Crippen LogP contribution >= 0.6 is 0 Å². The molecule has 0 aromatic heterocycles. The number of methoxy groups -OCH3 is 2. The first-order chi connectivity index (χ1) is 51.6. The number of piperidine rings is 2. The fourth-order valence-electron chi connectivity index (χ4n) is 12.3. The Morgan fingerprint density at radius 3 is 1.58 bits per heavy atom. The number of ether oxygens (including phenoxy) is 16. The third-order valence-corrected chi connectivity index (χ3v) is 18.0. The van der Waals surface area contributed by atoms with Crippen molar-refractivity contribution in [3.8, 4) is 23.0 Å². The summed E-state index contributed by atoms with van der Waals surface area (Å²) in [6.07, 6.45) is 4.59. The second-order valence-electron chi connectivity index (χ2n) is 25.8. The molecule has 7 rings (SSSR count). The zero-order valence-electron chi connectivity index (χ0n) is 62.6. The van der Waals surface area contributed by atoms with Gasteiger partial charge in [-0.2, -0.15) is 0 Å². The minimum Gasteiger partial charge on any atom is -0.493 e. The molecule has 584 valence electrons. The van der Waals surface area contributed by atoms with Crippen LogP contribution in [0.4, 0.5) is 0 Å². The molecule has 5 amide bonds. The summed E-state index contributed by atoms with van der Waals surface area (Å²) >= 11 is 0. The quantitative estimate of drug-likeness (QED) is 0.0247. The number of Topliss-reactive ketones (excluding diaryl/α,β-unsaturated/α-hetero) is 2. The summed E-state index contributed by atoms with van der Waals surface area (Å²) in [7, 11) is 3.17. The molecule has 1 N–H and O–H groups in total. The zero-order chi connectivity index (χ0) is 75.7. The van der Waals surface area contributed by atoms with Gasteiger partial charge in [-0.1, -0.05) is 49.4 Å². The van der Waals surface area contributed by atoms with E-state index in [0.29, 0.717) is 208 Å². The highest BCUT2D eigenvalue weighted by atomic mass is 16.6. The monoisotopic (exact) mass is 1480 g/mol. The number of imide groups is 2. The van der Waals surface area contributed by atoms with Gasteiger partial charge in [0, 0.05) is 39.0 Å². The molecule has 3 aliphatic heterocycles. The van der Waals surface area contributed by atoms with Gasteiger partial charge in [-0.3, -0.25) is 43.8 Å². The van der Waals surface area contributed by atoms with Gasteiger partial charge in [0.1, 0.15) is 42.9 Å². The molecule has 4 atom stereocenters. The van der Waals surface area contributed by atoms with Crippen LogP contribution in [0.2, 0.25) is 0 Å². The van der Waals surface area contributed by atoms with Crippen LogP contribution in [0.1, 0.15) is 144 Å². The third kappa shape index (κ3) is 28.7. The Morgan fingerprint density at radius 2 is 1.07 bits per heavy atom. The van der Waals surface area contributed by atoms with Crippen molar-refractivity contribution in [3.05, 3.63) is 117 Å². The molecule has 0 aliphatic carbocycles. The molecule has 106 heavy (non-hydrogen) atoms. The number of esters is 1. The van der Waals surface area contributed by atoms with E-state index in [9.17, 15) is 38.4 Å². The summed E-state index contributed by atoms with van der Waals surface area (Å²) in [6, 6.07) is 20.2. The second-order valence-corrected chi connectivity index (χ2v) is 25.8. The van der Waals surface area contributed by atoms with E-state index >= 15 is 0 Å². The molecule has 0 saturated carbocycles. The van der Waals surface area contributed by atoms with Gasteiger partial charge in [-0.25, -0.2) is 4.79 Å². The molecule has 4 aromatic rings. The lowest BCUT2D eigenvalue weighted by Crippen LogP contribution is -2.54. The summed E-state index contributed by atoms with van der Waals surface area (Å²) in [4.78, 5) is 107. The summed E-state index contributed by atoms with van der Waals surface area (Å²) in [5.74, 6) is -2.14. The number of likely N-dealkylation sites (tertiary alicyclic amines) is 1. The van der Waals surface area contributed by atoms with Gasteiger partial charge in [0.05, 0.1) is 163 Å². The fourth-order valence-corrected chi connectivity index (χ4v) is 12.3. The lowest BCUT2D eigenvalue weighted by Gasteiger charge is -2.37. The number of nitrogens with zero attached hydrogens (tertiary/aromatic N) is 2. The van der Waals surface area contributed by atoms with E-state index in [4.69, 9.17) is 75.8 Å². The molecule has 0 radical (unpaired) electrons. The molecule has 3 aliphatic rings. The number of fused-ring (bicyclic) bond motifs is 1. The Morgan fingerprint density at radius 1 is 0.528 bits per heavy atom. The maximum Gasteiger partial charge on any atom is 0.329 e. The lowest BCUT2D eigenvalue weighted by atomic mass is 9.91.